The van der Waals surface area contributed by atoms with Gasteiger partial charge in [-0.05, 0) is 29.7 Å². The molecule has 0 aliphatic rings. The van der Waals surface area contributed by atoms with Crippen LogP contribution in [0.4, 0.5) is 0 Å². The van der Waals surface area contributed by atoms with Crippen LogP contribution < -0.4 is 10.4 Å². The molecule has 0 bridgehead atoms. The molecule has 90 valence electrons. The third-order valence-electron chi connectivity index (χ3n) is 2.88. The van der Waals surface area contributed by atoms with Gasteiger partial charge in [-0.25, -0.2) is 4.79 Å². The first kappa shape index (κ1) is 11.3. The number of rotatable bonds is 1. The van der Waals surface area contributed by atoms with Crippen molar-refractivity contribution in [3.63, 3.8) is 0 Å². The molecule has 1 heterocycles. The minimum absolute atomic E-state index is 0.341. The topological polar surface area (TPSA) is 39.4 Å². The molecule has 0 atom stereocenters. The zero-order valence-corrected chi connectivity index (χ0v) is 11.2. The zero-order valence-electron chi connectivity index (χ0n) is 9.57. The SMILES string of the molecule is COc1ccc2c(c1)oc(=O)c1cc(Br)ccc12. The summed E-state index contributed by atoms with van der Waals surface area (Å²) in [5.74, 6) is 0.669. The average Bonchev–Trinajstić information content (AvgIpc) is 2.38. The first-order valence-corrected chi connectivity index (χ1v) is 6.18. The molecule has 0 unspecified atom stereocenters. The van der Waals surface area contributed by atoms with Crippen molar-refractivity contribution in [1.29, 1.82) is 0 Å². The van der Waals surface area contributed by atoms with E-state index >= 15 is 0 Å². The normalized spacial score (nSPS) is 11.0. The summed E-state index contributed by atoms with van der Waals surface area (Å²) >= 11 is 3.35. The van der Waals surface area contributed by atoms with Crippen molar-refractivity contribution in [2.45, 2.75) is 0 Å². The number of benzene rings is 2. The monoisotopic (exact) mass is 304 g/mol. The Bertz CT molecular complexity index is 805. The first-order valence-electron chi connectivity index (χ1n) is 5.39. The van der Waals surface area contributed by atoms with Crippen LogP contribution in [0.1, 0.15) is 0 Å². The number of halogens is 1. The molecule has 0 aliphatic carbocycles. The second kappa shape index (κ2) is 4.14. The fraction of sp³-hybridized carbons (Fsp3) is 0.0714. The van der Waals surface area contributed by atoms with Gasteiger partial charge in [-0.3, -0.25) is 0 Å². The molecule has 0 N–H and O–H groups in total. The second-order valence-corrected chi connectivity index (χ2v) is 4.86. The summed E-state index contributed by atoms with van der Waals surface area (Å²) in [6.07, 6.45) is 0. The molecule has 3 aromatic rings. The molecule has 2 aromatic carbocycles. The van der Waals surface area contributed by atoms with Gasteiger partial charge in [0.15, 0.2) is 0 Å². The Kier molecular flexibility index (Phi) is 2.59. The Labute approximate surface area is 111 Å². The predicted molar refractivity (Wildman–Crippen MR) is 74.2 cm³/mol. The fourth-order valence-electron chi connectivity index (χ4n) is 2.01. The summed E-state index contributed by atoms with van der Waals surface area (Å²) < 4.78 is 11.3. The molecule has 3 nitrogen and oxygen atoms in total. The van der Waals surface area contributed by atoms with E-state index in [0.717, 1.165) is 15.2 Å². The van der Waals surface area contributed by atoms with E-state index < -0.39 is 0 Å². The zero-order chi connectivity index (χ0) is 12.7. The molecular weight excluding hydrogens is 296 g/mol. The molecule has 1 aromatic heterocycles. The van der Waals surface area contributed by atoms with Gasteiger partial charge in [-0.1, -0.05) is 22.0 Å². The lowest BCUT2D eigenvalue weighted by Crippen LogP contribution is -1.99. The predicted octanol–water partition coefficient (Wildman–Crippen LogP) is 3.72. The van der Waals surface area contributed by atoms with Crippen molar-refractivity contribution in [3.05, 3.63) is 51.3 Å². The lowest BCUT2D eigenvalue weighted by Gasteiger charge is -2.04. The molecule has 0 aliphatic heterocycles. The lowest BCUT2D eigenvalue weighted by molar-refractivity contribution is 0.414. The fourth-order valence-corrected chi connectivity index (χ4v) is 2.37. The molecule has 0 radical (unpaired) electrons. The van der Waals surface area contributed by atoms with Gasteiger partial charge in [0.2, 0.25) is 0 Å². The van der Waals surface area contributed by atoms with Crippen LogP contribution in [0.3, 0.4) is 0 Å². The van der Waals surface area contributed by atoms with Gasteiger partial charge in [0.25, 0.3) is 0 Å². The Morgan fingerprint density at radius 3 is 2.61 bits per heavy atom. The molecule has 0 amide bonds. The van der Waals surface area contributed by atoms with E-state index in [-0.39, 0.29) is 5.63 Å². The van der Waals surface area contributed by atoms with Gasteiger partial charge in [0.1, 0.15) is 11.3 Å². The molecule has 0 spiro atoms. The van der Waals surface area contributed by atoms with Crippen molar-refractivity contribution in [2.75, 3.05) is 7.11 Å². The van der Waals surface area contributed by atoms with E-state index in [1.54, 1.807) is 19.2 Å². The molecular formula is C14H9BrO3. The summed E-state index contributed by atoms with van der Waals surface area (Å²) in [5.41, 5.74) is 0.196. The summed E-state index contributed by atoms with van der Waals surface area (Å²) in [5, 5.41) is 2.35. The van der Waals surface area contributed by atoms with Crippen LogP contribution >= 0.6 is 15.9 Å². The number of hydrogen-bond acceptors (Lipinski definition) is 3. The lowest BCUT2D eigenvalue weighted by atomic mass is 10.1. The Hall–Kier alpha value is -1.81. The highest BCUT2D eigenvalue weighted by molar-refractivity contribution is 9.10. The van der Waals surface area contributed by atoms with E-state index in [0.29, 0.717) is 16.7 Å². The highest BCUT2D eigenvalue weighted by atomic mass is 79.9. The van der Waals surface area contributed by atoms with Crippen LogP contribution in [0, 0.1) is 0 Å². The molecule has 0 saturated heterocycles. The van der Waals surface area contributed by atoms with E-state index in [4.69, 9.17) is 9.15 Å². The van der Waals surface area contributed by atoms with Gasteiger partial charge in [0, 0.05) is 15.9 Å². The van der Waals surface area contributed by atoms with Gasteiger partial charge in [-0.15, -0.1) is 0 Å². The maximum absolute atomic E-state index is 11.9. The summed E-state index contributed by atoms with van der Waals surface area (Å²) in [4.78, 5) is 11.9. The van der Waals surface area contributed by atoms with E-state index in [2.05, 4.69) is 15.9 Å². The molecule has 0 fully saturated rings. The quantitative estimate of drug-likeness (QED) is 0.508. The van der Waals surface area contributed by atoms with Crippen LogP contribution in [-0.4, -0.2) is 7.11 Å². The Morgan fingerprint density at radius 2 is 1.83 bits per heavy atom. The number of fused-ring (bicyclic) bond motifs is 3. The van der Waals surface area contributed by atoms with Crippen molar-refractivity contribution in [1.82, 2.24) is 0 Å². The minimum atomic E-state index is -0.341. The number of ether oxygens (including phenoxy) is 1. The van der Waals surface area contributed by atoms with E-state index in [1.807, 2.05) is 24.3 Å². The second-order valence-electron chi connectivity index (χ2n) is 3.94. The summed E-state index contributed by atoms with van der Waals surface area (Å²) in [6.45, 7) is 0. The largest absolute Gasteiger partial charge is 0.497 e. The highest BCUT2D eigenvalue weighted by Crippen LogP contribution is 2.27. The number of hydrogen-bond donors (Lipinski definition) is 0. The van der Waals surface area contributed by atoms with Crippen molar-refractivity contribution < 1.29 is 9.15 Å². The highest BCUT2D eigenvalue weighted by Gasteiger charge is 2.08. The van der Waals surface area contributed by atoms with Gasteiger partial charge >= 0.3 is 5.63 Å². The summed E-state index contributed by atoms with van der Waals surface area (Å²) in [7, 11) is 1.58. The average molecular weight is 305 g/mol. The molecule has 4 heteroatoms. The smallest absolute Gasteiger partial charge is 0.344 e. The van der Waals surface area contributed by atoms with Crippen LogP contribution in [0.2, 0.25) is 0 Å². The maximum atomic E-state index is 11.9. The standard InChI is InChI=1S/C14H9BrO3/c1-17-9-3-5-11-10-4-2-8(15)6-12(10)14(16)18-13(11)7-9/h2-7H,1H3. The van der Waals surface area contributed by atoms with Crippen LogP contribution in [0.15, 0.2) is 50.1 Å². The van der Waals surface area contributed by atoms with Crippen molar-refractivity contribution in [3.8, 4) is 5.75 Å². The van der Waals surface area contributed by atoms with Gasteiger partial charge in [0.05, 0.1) is 12.5 Å². The molecule has 3 rings (SSSR count). The van der Waals surface area contributed by atoms with Crippen LogP contribution in [0.25, 0.3) is 21.7 Å². The van der Waals surface area contributed by atoms with Gasteiger partial charge < -0.3 is 9.15 Å². The van der Waals surface area contributed by atoms with Crippen LogP contribution in [0.5, 0.6) is 5.75 Å². The number of methoxy groups -OCH3 is 1. The van der Waals surface area contributed by atoms with Crippen LogP contribution in [-0.2, 0) is 0 Å². The summed E-state index contributed by atoms with van der Waals surface area (Å²) in [6, 6.07) is 11.1. The molecule has 0 saturated carbocycles. The third kappa shape index (κ3) is 1.69. The maximum Gasteiger partial charge on any atom is 0.344 e. The first-order chi connectivity index (χ1) is 8.69. The molecule has 18 heavy (non-hydrogen) atoms. The third-order valence-corrected chi connectivity index (χ3v) is 3.38. The Morgan fingerprint density at radius 1 is 1.06 bits per heavy atom. The Balaban J connectivity index is 2.50. The van der Waals surface area contributed by atoms with Gasteiger partial charge in [-0.2, -0.15) is 0 Å². The minimum Gasteiger partial charge on any atom is -0.497 e. The van der Waals surface area contributed by atoms with E-state index in [9.17, 15) is 4.79 Å². The van der Waals surface area contributed by atoms with Crippen molar-refractivity contribution in [2.24, 2.45) is 0 Å². The van der Waals surface area contributed by atoms with E-state index in [1.165, 1.54) is 0 Å². The van der Waals surface area contributed by atoms with Crippen molar-refractivity contribution >= 4 is 37.7 Å².